The fourth-order valence-corrected chi connectivity index (χ4v) is 3.54. The summed E-state index contributed by atoms with van der Waals surface area (Å²) in [4.78, 5) is 14.9. The van der Waals surface area contributed by atoms with Gasteiger partial charge in [-0.1, -0.05) is 18.2 Å². The SMILES string of the molecule is O=C(C1COc2ccccc21)N1CCCCC1CCCl. The number of hydrogen-bond acceptors (Lipinski definition) is 2. The molecule has 0 radical (unpaired) electrons. The normalized spacial score (nSPS) is 25.1. The third-order valence-electron chi connectivity index (χ3n) is 4.35. The van der Waals surface area contributed by atoms with Crippen molar-refractivity contribution in [1.82, 2.24) is 4.90 Å². The van der Waals surface area contributed by atoms with Crippen molar-refractivity contribution in [2.45, 2.75) is 37.6 Å². The monoisotopic (exact) mass is 293 g/mol. The molecule has 2 aliphatic heterocycles. The van der Waals surface area contributed by atoms with Crippen LogP contribution in [0.4, 0.5) is 0 Å². The second kappa shape index (κ2) is 6.04. The molecule has 1 saturated heterocycles. The predicted molar refractivity (Wildman–Crippen MR) is 79.4 cm³/mol. The molecule has 0 N–H and O–H groups in total. The Morgan fingerprint density at radius 2 is 2.20 bits per heavy atom. The highest BCUT2D eigenvalue weighted by Crippen LogP contribution is 2.36. The highest BCUT2D eigenvalue weighted by atomic mass is 35.5. The number of alkyl halides is 1. The number of carbonyl (C=O) groups is 1. The van der Waals surface area contributed by atoms with Crippen molar-refractivity contribution in [3.05, 3.63) is 29.8 Å². The molecule has 2 heterocycles. The first-order valence-corrected chi connectivity index (χ1v) is 7.93. The molecule has 4 heteroatoms. The van der Waals surface area contributed by atoms with E-state index in [2.05, 4.69) is 0 Å². The summed E-state index contributed by atoms with van der Waals surface area (Å²) in [6, 6.07) is 8.17. The number of amides is 1. The molecule has 3 nitrogen and oxygen atoms in total. The summed E-state index contributed by atoms with van der Waals surface area (Å²) < 4.78 is 5.64. The van der Waals surface area contributed by atoms with Crippen molar-refractivity contribution >= 4 is 17.5 Å². The minimum absolute atomic E-state index is 0.137. The van der Waals surface area contributed by atoms with E-state index < -0.39 is 0 Å². The van der Waals surface area contributed by atoms with E-state index in [1.165, 1.54) is 6.42 Å². The maximum atomic E-state index is 12.9. The number of ether oxygens (including phenoxy) is 1. The second-order valence-electron chi connectivity index (χ2n) is 5.56. The highest BCUT2D eigenvalue weighted by molar-refractivity contribution is 6.17. The highest BCUT2D eigenvalue weighted by Gasteiger charge is 2.36. The molecule has 1 amide bonds. The Hall–Kier alpha value is -1.22. The van der Waals surface area contributed by atoms with Gasteiger partial charge >= 0.3 is 0 Å². The third-order valence-corrected chi connectivity index (χ3v) is 4.57. The van der Waals surface area contributed by atoms with Crippen molar-refractivity contribution in [3.63, 3.8) is 0 Å². The van der Waals surface area contributed by atoms with Gasteiger partial charge < -0.3 is 9.64 Å². The lowest BCUT2D eigenvalue weighted by Crippen LogP contribution is -2.46. The molecule has 2 unspecified atom stereocenters. The number of likely N-dealkylation sites (tertiary alicyclic amines) is 1. The summed E-state index contributed by atoms with van der Waals surface area (Å²) in [6.07, 6.45) is 4.26. The van der Waals surface area contributed by atoms with Gasteiger partial charge in [-0.25, -0.2) is 0 Å². The van der Waals surface area contributed by atoms with Gasteiger partial charge in [0.15, 0.2) is 0 Å². The van der Waals surface area contributed by atoms with Crippen LogP contribution in [0.3, 0.4) is 0 Å². The molecular weight excluding hydrogens is 274 g/mol. The number of piperidine rings is 1. The maximum absolute atomic E-state index is 12.9. The number of fused-ring (bicyclic) bond motifs is 1. The number of para-hydroxylation sites is 1. The molecule has 0 spiro atoms. The van der Waals surface area contributed by atoms with Crippen molar-refractivity contribution in [2.24, 2.45) is 0 Å². The van der Waals surface area contributed by atoms with E-state index in [0.717, 1.165) is 37.1 Å². The van der Waals surface area contributed by atoms with Crippen LogP contribution < -0.4 is 4.74 Å². The fraction of sp³-hybridized carbons (Fsp3) is 0.562. The van der Waals surface area contributed by atoms with Gasteiger partial charge in [-0.3, -0.25) is 4.79 Å². The molecule has 20 heavy (non-hydrogen) atoms. The maximum Gasteiger partial charge on any atom is 0.233 e. The summed E-state index contributed by atoms with van der Waals surface area (Å²) in [5, 5.41) is 0. The first-order chi connectivity index (χ1) is 9.81. The molecule has 0 saturated carbocycles. The zero-order chi connectivity index (χ0) is 13.9. The molecular formula is C16H20ClNO2. The number of nitrogens with zero attached hydrogens (tertiary/aromatic N) is 1. The van der Waals surface area contributed by atoms with Gasteiger partial charge in [0, 0.05) is 24.0 Å². The fourth-order valence-electron chi connectivity index (χ4n) is 3.28. The minimum Gasteiger partial charge on any atom is -0.492 e. The largest absolute Gasteiger partial charge is 0.492 e. The van der Waals surface area contributed by atoms with Gasteiger partial charge in [0.1, 0.15) is 18.3 Å². The molecule has 0 bridgehead atoms. The number of rotatable bonds is 3. The molecule has 1 fully saturated rings. The summed E-state index contributed by atoms with van der Waals surface area (Å²) >= 11 is 5.88. The van der Waals surface area contributed by atoms with Crippen molar-refractivity contribution in [3.8, 4) is 5.75 Å². The zero-order valence-corrected chi connectivity index (χ0v) is 12.3. The Bertz CT molecular complexity index is 489. The molecule has 0 aliphatic carbocycles. The summed E-state index contributed by atoms with van der Waals surface area (Å²) in [5.74, 6) is 1.55. The lowest BCUT2D eigenvalue weighted by molar-refractivity contribution is -0.136. The van der Waals surface area contributed by atoms with E-state index in [0.29, 0.717) is 18.5 Å². The third kappa shape index (κ3) is 2.51. The zero-order valence-electron chi connectivity index (χ0n) is 11.6. The van der Waals surface area contributed by atoms with Gasteiger partial charge in [0.2, 0.25) is 5.91 Å². The van der Waals surface area contributed by atoms with Crippen LogP contribution >= 0.6 is 11.6 Å². The quantitative estimate of drug-likeness (QED) is 0.801. The summed E-state index contributed by atoms with van der Waals surface area (Å²) in [5.41, 5.74) is 1.03. The molecule has 1 aromatic rings. The standard InChI is InChI=1S/C16H20ClNO2/c17-9-8-12-5-3-4-10-18(12)16(19)14-11-20-15-7-2-1-6-13(14)15/h1-2,6-7,12,14H,3-5,8-11H2. The van der Waals surface area contributed by atoms with E-state index >= 15 is 0 Å². The smallest absolute Gasteiger partial charge is 0.233 e. The Kier molecular flexibility index (Phi) is 4.16. The number of benzene rings is 1. The van der Waals surface area contributed by atoms with Gasteiger partial charge in [0.25, 0.3) is 0 Å². The van der Waals surface area contributed by atoms with Gasteiger partial charge in [-0.05, 0) is 31.7 Å². The molecule has 2 aliphatic rings. The van der Waals surface area contributed by atoms with Gasteiger partial charge in [-0.2, -0.15) is 0 Å². The number of carbonyl (C=O) groups excluding carboxylic acids is 1. The van der Waals surface area contributed by atoms with Crippen LogP contribution in [0.1, 0.15) is 37.2 Å². The van der Waals surface area contributed by atoms with Gasteiger partial charge in [-0.15, -0.1) is 11.6 Å². The van der Waals surface area contributed by atoms with E-state index in [9.17, 15) is 4.79 Å². The second-order valence-corrected chi connectivity index (χ2v) is 5.94. The summed E-state index contributed by atoms with van der Waals surface area (Å²) in [6.45, 7) is 1.33. The number of halogens is 1. The van der Waals surface area contributed by atoms with Crippen LogP contribution in [0.25, 0.3) is 0 Å². The van der Waals surface area contributed by atoms with Crippen LogP contribution in [-0.4, -0.2) is 35.9 Å². The van der Waals surface area contributed by atoms with E-state index in [1.54, 1.807) is 0 Å². The van der Waals surface area contributed by atoms with Crippen LogP contribution in [-0.2, 0) is 4.79 Å². The Labute approximate surface area is 124 Å². The topological polar surface area (TPSA) is 29.5 Å². The predicted octanol–water partition coefficient (Wildman–Crippen LogP) is 3.17. The van der Waals surface area contributed by atoms with Crippen molar-refractivity contribution < 1.29 is 9.53 Å². The molecule has 2 atom stereocenters. The van der Waals surface area contributed by atoms with Gasteiger partial charge in [0.05, 0.1) is 0 Å². The molecule has 0 aromatic heterocycles. The van der Waals surface area contributed by atoms with Crippen LogP contribution in [0.5, 0.6) is 5.75 Å². The first-order valence-electron chi connectivity index (χ1n) is 7.39. The molecule has 3 rings (SSSR count). The van der Waals surface area contributed by atoms with Crippen LogP contribution in [0, 0.1) is 0 Å². The average molecular weight is 294 g/mol. The number of hydrogen-bond donors (Lipinski definition) is 0. The van der Waals surface area contributed by atoms with Crippen molar-refractivity contribution in [2.75, 3.05) is 19.0 Å². The molecule has 108 valence electrons. The van der Waals surface area contributed by atoms with E-state index in [1.807, 2.05) is 29.2 Å². The summed E-state index contributed by atoms with van der Waals surface area (Å²) in [7, 11) is 0. The lowest BCUT2D eigenvalue weighted by Gasteiger charge is -2.37. The Balaban J connectivity index is 1.78. The van der Waals surface area contributed by atoms with E-state index in [-0.39, 0.29) is 11.8 Å². The van der Waals surface area contributed by atoms with Crippen molar-refractivity contribution in [1.29, 1.82) is 0 Å². The van der Waals surface area contributed by atoms with E-state index in [4.69, 9.17) is 16.3 Å². The van der Waals surface area contributed by atoms with Crippen LogP contribution in [0.2, 0.25) is 0 Å². The minimum atomic E-state index is -0.137. The average Bonchev–Trinajstić information content (AvgIpc) is 2.91. The van der Waals surface area contributed by atoms with Crippen LogP contribution in [0.15, 0.2) is 24.3 Å². The first kappa shape index (κ1) is 13.7. The Morgan fingerprint density at radius 3 is 3.05 bits per heavy atom. The molecule has 1 aromatic carbocycles. The lowest BCUT2D eigenvalue weighted by atomic mass is 9.94. The Morgan fingerprint density at radius 1 is 1.35 bits per heavy atom.